The molecule has 10 nitrogen and oxygen atoms in total. The Hall–Kier alpha value is -4.15. The Morgan fingerprint density at radius 1 is 1.07 bits per heavy atom. The molecular formula is C30H35N7O3. The average molecular weight is 542 g/mol. The summed E-state index contributed by atoms with van der Waals surface area (Å²) in [4.78, 5) is 17.5. The van der Waals surface area contributed by atoms with Gasteiger partial charge in [0.05, 0.1) is 17.1 Å². The largest absolute Gasteiger partial charge is 0.396 e. The standard InChI is InChI=1S/C30H35N7O3/c1-4-10-27(39)33-34-29-30-35-32-26(18-22-23(5-2)36-40-25(22)6-3)37(30)24-17-19(15-16-38)13-14-21(24)28(31-29)20-11-8-7-9-12-20/h7-9,11-14,17,29,34,38H,4-6,10,15-16,18H2,1-3H3,(H,33,39). The summed E-state index contributed by atoms with van der Waals surface area (Å²) in [6.45, 7) is 6.10. The molecule has 0 bridgehead atoms. The number of aromatic nitrogens is 4. The van der Waals surface area contributed by atoms with Crippen LogP contribution in [-0.4, -0.2) is 43.3 Å². The molecule has 1 aliphatic rings. The maximum absolute atomic E-state index is 12.4. The SMILES string of the molecule is CCCC(=O)NNC1N=C(c2ccccc2)c2ccc(CCO)cc2-n2c(Cc3c(CC)noc3CC)nnc21. The van der Waals surface area contributed by atoms with Crippen molar-refractivity contribution >= 4 is 11.6 Å². The fourth-order valence-corrected chi connectivity index (χ4v) is 5.05. The van der Waals surface area contributed by atoms with Gasteiger partial charge in [-0.1, -0.05) is 68.4 Å². The van der Waals surface area contributed by atoms with Crippen molar-refractivity contribution in [2.45, 2.75) is 65.5 Å². The lowest BCUT2D eigenvalue weighted by Gasteiger charge is -2.16. The number of nitrogens with one attached hydrogen (secondary N) is 2. The van der Waals surface area contributed by atoms with E-state index < -0.39 is 6.17 Å². The van der Waals surface area contributed by atoms with Crippen molar-refractivity contribution in [3.05, 3.63) is 93.9 Å². The van der Waals surface area contributed by atoms with E-state index in [-0.39, 0.29) is 12.5 Å². The Labute approximate surface area is 233 Å². The number of hydrogen-bond donors (Lipinski definition) is 3. The van der Waals surface area contributed by atoms with Gasteiger partial charge >= 0.3 is 0 Å². The van der Waals surface area contributed by atoms with Gasteiger partial charge in [-0.2, -0.15) is 0 Å². The number of nitrogens with zero attached hydrogens (tertiary/aromatic N) is 5. The quantitative estimate of drug-likeness (QED) is 0.246. The van der Waals surface area contributed by atoms with Gasteiger partial charge in [-0.3, -0.25) is 19.8 Å². The predicted octanol–water partition coefficient (Wildman–Crippen LogP) is 3.78. The Morgan fingerprint density at radius 2 is 1.90 bits per heavy atom. The zero-order valence-corrected chi connectivity index (χ0v) is 23.1. The Kier molecular flexibility index (Phi) is 8.47. The molecule has 40 heavy (non-hydrogen) atoms. The Morgan fingerprint density at radius 3 is 2.62 bits per heavy atom. The van der Waals surface area contributed by atoms with Crippen LogP contribution in [0.5, 0.6) is 0 Å². The van der Waals surface area contributed by atoms with Crippen LogP contribution >= 0.6 is 0 Å². The number of benzene rings is 2. The number of amides is 1. The van der Waals surface area contributed by atoms with Crippen LogP contribution in [-0.2, 0) is 30.5 Å². The van der Waals surface area contributed by atoms with Gasteiger partial charge in [-0.25, -0.2) is 5.43 Å². The molecular weight excluding hydrogens is 506 g/mol. The van der Waals surface area contributed by atoms with Crippen LogP contribution in [0.2, 0.25) is 0 Å². The van der Waals surface area contributed by atoms with Crippen LogP contribution in [0.3, 0.4) is 0 Å². The zero-order valence-electron chi connectivity index (χ0n) is 23.1. The average Bonchev–Trinajstić information content (AvgIpc) is 3.54. The highest BCUT2D eigenvalue weighted by molar-refractivity contribution is 6.15. The molecule has 1 atom stereocenters. The molecule has 0 aliphatic carbocycles. The molecule has 0 saturated heterocycles. The van der Waals surface area contributed by atoms with Gasteiger partial charge in [0.1, 0.15) is 11.6 Å². The summed E-state index contributed by atoms with van der Waals surface area (Å²) in [6.07, 6.45) is 2.87. The maximum atomic E-state index is 12.4. The molecule has 4 aromatic rings. The lowest BCUT2D eigenvalue weighted by molar-refractivity contribution is -0.122. The second-order valence-corrected chi connectivity index (χ2v) is 9.74. The molecule has 3 heterocycles. The van der Waals surface area contributed by atoms with Gasteiger partial charge in [0, 0.05) is 42.6 Å². The summed E-state index contributed by atoms with van der Waals surface area (Å²) in [5, 5.41) is 23.2. The summed E-state index contributed by atoms with van der Waals surface area (Å²) in [7, 11) is 0. The molecule has 0 spiro atoms. The van der Waals surface area contributed by atoms with Gasteiger partial charge in [-0.05, 0) is 30.9 Å². The fourth-order valence-electron chi connectivity index (χ4n) is 5.05. The molecule has 0 radical (unpaired) electrons. The molecule has 0 fully saturated rings. The number of carbonyl (C=O) groups excluding carboxylic acids is 1. The summed E-state index contributed by atoms with van der Waals surface area (Å²) in [5.41, 5.74) is 12.3. The fraction of sp³-hybridized carbons (Fsp3) is 0.367. The van der Waals surface area contributed by atoms with E-state index in [4.69, 9.17) is 9.52 Å². The molecule has 0 saturated carbocycles. The van der Waals surface area contributed by atoms with Crippen molar-refractivity contribution in [3.8, 4) is 5.69 Å². The minimum absolute atomic E-state index is 0.0361. The monoisotopic (exact) mass is 541 g/mol. The van der Waals surface area contributed by atoms with Gasteiger partial charge in [-0.15, -0.1) is 10.2 Å². The molecule has 3 N–H and O–H groups in total. The van der Waals surface area contributed by atoms with Crippen LogP contribution in [0.15, 0.2) is 58.0 Å². The summed E-state index contributed by atoms with van der Waals surface area (Å²) in [6, 6.07) is 16.1. The number of rotatable bonds is 11. The van der Waals surface area contributed by atoms with Crippen molar-refractivity contribution < 1.29 is 14.4 Å². The van der Waals surface area contributed by atoms with Crippen molar-refractivity contribution in [2.75, 3.05) is 6.61 Å². The first-order valence-corrected chi connectivity index (χ1v) is 13.9. The first kappa shape index (κ1) is 27.4. The van der Waals surface area contributed by atoms with Crippen molar-refractivity contribution in [3.63, 3.8) is 0 Å². The first-order valence-electron chi connectivity index (χ1n) is 13.9. The summed E-state index contributed by atoms with van der Waals surface area (Å²) < 4.78 is 7.66. The van der Waals surface area contributed by atoms with E-state index in [1.807, 2.05) is 60.9 Å². The Bertz CT molecular complexity index is 1490. The topological polar surface area (TPSA) is 130 Å². The van der Waals surface area contributed by atoms with Gasteiger partial charge in [0.2, 0.25) is 5.91 Å². The minimum atomic E-state index is -0.704. The van der Waals surface area contributed by atoms with Crippen LogP contribution in [0.4, 0.5) is 0 Å². The lowest BCUT2D eigenvalue weighted by atomic mass is 9.98. The number of hydrazine groups is 1. The highest BCUT2D eigenvalue weighted by Crippen LogP contribution is 2.32. The summed E-state index contributed by atoms with van der Waals surface area (Å²) in [5.74, 6) is 1.97. The van der Waals surface area contributed by atoms with Crippen LogP contribution in [0.25, 0.3) is 5.69 Å². The number of aliphatic hydroxyl groups is 1. The molecule has 5 rings (SSSR count). The van der Waals surface area contributed by atoms with E-state index in [1.165, 1.54) is 0 Å². The van der Waals surface area contributed by atoms with Gasteiger partial charge < -0.3 is 9.63 Å². The third kappa shape index (κ3) is 5.45. The maximum Gasteiger partial charge on any atom is 0.234 e. The normalized spacial score (nSPS) is 14.3. The third-order valence-corrected chi connectivity index (χ3v) is 7.03. The number of carbonyl (C=O) groups is 1. The Balaban J connectivity index is 1.70. The van der Waals surface area contributed by atoms with Crippen molar-refractivity contribution in [1.29, 1.82) is 0 Å². The molecule has 1 unspecified atom stereocenters. The van der Waals surface area contributed by atoms with Gasteiger partial charge in [0.25, 0.3) is 0 Å². The molecule has 2 aromatic heterocycles. The zero-order chi connectivity index (χ0) is 28.1. The molecule has 208 valence electrons. The third-order valence-electron chi connectivity index (χ3n) is 7.03. The highest BCUT2D eigenvalue weighted by atomic mass is 16.5. The first-order chi connectivity index (χ1) is 19.6. The predicted molar refractivity (Wildman–Crippen MR) is 151 cm³/mol. The second-order valence-electron chi connectivity index (χ2n) is 9.74. The van der Waals surface area contributed by atoms with E-state index in [2.05, 4.69) is 39.2 Å². The van der Waals surface area contributed by atoms with E-state index >= 15 is 0 Å². The number of aliphatic imine (C=N–C) groups is 1. The van der Waals surface area contributed by atoms with E-state index in [0.717, 1.165) is 64.4 Å². The van der Waals surface area contributed by atoms with Crippen LogP contribution < -0.4 is 10.9 Å². The van der Waals surface area contributed by atoms with Crippen molar-refractivity contribution in [2.24, 2.45) is 4.99 Å². The van der Waals surface area contributed by atoms with Crippen LogP contribution in [0, 0.1) is 0 Å². The number of aryl methyl sites for hydroxylation is 2. The van der Waals surface area contributed by atoms with E-state index in [1.54, 1.807) is 0 Å². The van der Waals surface area contributed by atoms with Crippen LogP contribution in [0.1, 0.15) is 85.1 Å². The number of aliphatic hydroxyl groups excluding tert-OH is 1. The van der Waals surface area contributed by atoms with Gasteiger partial charge in [0.15, 0.2) is 12.0 Å². The van der Waals surface area contributed by atoms with E-state index in [9.17, 15) is 9.90 Å². The number of hydrogen-bond acceptors (Lipinski definition) is 8. The smallest absolute Gasteiger partial charge is 0.234 e. The summed E-state index contributed by atoms with van der Waals surface area (Å²) >= 11 is 0. The minimum Gasteiger partial charge on any atom is -0.396 e. The molecule has 2 aromatic carbocycles. The highest BCUT2D eigenvalue weighted by Gasteiger charge is 2.30. The van der Waals surface area contributed by atoms with Crippen molar-refractivity contribution in [1.82, 2.24) is 30.8 Å². The second kappa shape index (κ2) is 12.4. The molecule has 10 heteroatoms. The lowest BCUT2D eigenvalue weighted by Crippen LogP contribution is -2.40. The number of fused-ring (bicyclic) bond motifs is 3. The molecule has 1 aliphatic heterocycles. The van der Waals surface area contributed by atoms with E-state index in [0.29, 0.717) is 30.9 Å². The molecule has 1 amide bonds.